The van der Waals surface area contributed by atoms with E-state index in [2.05, 4.69) is 5.32 Å². The molecule has 0 aromatic heterocycles. The van der Waals surface area contributed by atoms with E-state index < -0.39 is 6.16 Å². The monoisotopic (exact) mass is 388 g/mol. The predicted molar refractivity (Wildman–Crippen MR) is 105 cm³/mol. The van der Waals surface area contributed by atoms with Crippen molar-refractivity contribution >= 4 is 18.0 Å². The van der Waals surface area contributed by atoms with Gasteiger partial charge in [0.25, 0.3) is 5.91 Å². The van der Waals surface area contributed by atoms with E-state index in [4.69, 9.17) is 9.47 Å². The zero-order chi connectivity index (χ0) is 20.5. The Bertz CT molecular complexity index is 704. The molecule has 1 aliphatic rings. The van der Waals surface area contributed by atoms with Gasteiger partial charge in [-0.3, -0.25) is 9.59 Å². The third kappa shape index (κ3) is 6.72. The molecule has 7 heteroatoms. The number of carbonyl (C=O) groups excluding carboxylic acids is 3. The summed E-state index contributed by atoms with van der Waals surface area (Å²) in [5.74, 6) is 0.494. The number of nitrogens with zero attached hydrogens (tertiary/aromatic N) is 1. The lowest BCUT2D eigenvalue weighted by atomic mass is 10.0. The van der Waals surface area contributed by atoms with Gasteiger partial charge in [0.15, 0.2) is 0 Å². The Morgan fingerprint density at radius 3 is 2.39 bits per heavy atom. The number of carbonyl (C=O) groups is 3. The highest BCUT2D eigenvalue weighted by atomic mass is 16.7. The van der Waals surface area contributed by atoms with Gasteiger partial charge in [-0.15, -0.1) is 0 Å². The highest BCUT2D eigenvalue weighted by Gasteiger charge is 2.23. The lowest BCUT2D eigenvalue weighted by molar-refractivity contribution is -0.127. The number of hydrogen-bond acceptors (Lipinski definition) is 5. The summed E-state index contributed by atoms with van der Waals surface area (Å²) in [6.45, 7) is 7.23. The van der Waals surface area contributed by atoms with Crippen LogP contribution in [0.1, 0.15) is 44.0 Å². The van der Waals surface area contributed by atoms with Crippen LogP contribution in [-0.2, 0) is 9.53 Å². The Morgan fingerprint density at radius 2 is 1.82 bits per heavy atom. The van der Waals surface area contributed by atoms with E-state index >= 15 is 0 Å². The Morgan fingerprint density at radius 1 is 1.18 bits per heavy atom. The van der Waals surface area contributed by atoms with Crippen molar-refractivity contribution in [3.8, 4) is 5.75 Å². The highest BCUT2D eigenvalue weighted by Crippen LogP contribution is 2.15. The van der Waals surface area contributed by atoms with Gasteiger partial charge in [0, 0.05) is 24.7 Å². The van der Waals surface area contributed by atoms with E-state index in [9.17, 15) is 14.4 Å². The molecule has 1 fully saturated rings. The van der Waals surface area contributed by atoms with Gasteiger partial charge in [-0.1, -0.05) is 19.9 Å². The van der Waals surface area contributed by atoms with E-state index in [-0.39, 0.29) is 24.5 Å². The van der Waals surface area contributed by atoms with Crippen LogP contribution in [-0.4, -0.2) is 48.6 Å². The highest BCUT2D eigenvalue weighted by molar-refractivity contribution is 5.94. The van der Waals surface area contributed by atoms with Gasteiger partial charge < -0.3 is 19.7 Å². The molecule has 1 saturated heterocycles. The van der Waals surface area contributed by atoms with Crippen LogP contribution in [0.25, 0.3) is 0 Å². The zero-order valence-corrected chi connectivity index (χ0v) is 16.6. The molecule has 1 aliphatic heterocycles. The van der Waals surface area contributed by atoms with Gasteiger partial charge in [-0.2, -0.15) is 0 Å². The Hall–Kier alpha value is -2.83. The van der Waals surface area contributed by atoms with Crippen molar-refractivity contribution in [1.82, 2.24) is 10.2 Å². The van der Waals surface area contributed by atoms with E-state index in [1.807, 2.05) is 24.8 Å². The lowest BCUT2D eigenvalue weighted by Crippen LogP contribution is -2.46. The largest absolute Gasteiger partial charge is 0.513 e. The number of piperidine rings is 1. The van der Waals surface area contributed by atoms with Gasteiger partial charge in [0.2, 0.25) is 5.91 Å². The first kappa shape index (κ1) is 21.5. The minimum atomic E-state index is -0.774. The second-order valence-electron chi connectivity index (χ2n) is 6.99. The van der Waals surface area contributed by atoms with E-state index in [0.29, 0.717) is 30.3 Å². The molecule has 1 heterocycles. The van der Waals surface area contributed by atoms with Gasteiger partial charge >= 0.3 is 6.16 Å². The number of ether oxygens (including phenoxy) is 2. The third-order valence-corrected chi connectivity index (χ3v) is 4.35. The zero-order valence-electron chi connectivity index (χ0n) is 16.6. The Kier molecular flexibility index (Phi) is 8.04. The van der Waals surface area contributed by atoms with Crippen LogP contribution >= 0.6 is 0 Å². The maximum Gasteiger partial charge on any atom is 0.513 e. The first-order valence-corrected chi connectivity index (χ1v) is 9.61. The summed E-state index contributed by atoms with van der Waals surface area (Å²) in [6.07, 6.45) is 4.19. The number of allylic oxidation sites excluding steroid dienone is 1. The smallest absolute Gasteiger partial charge is 0.434 e. The first-order chi connectivity index (χ1) is 13.4. The molecular weight excluding hydrogens is 360 g/mol. The van der Waals surface area contributed by atoms with Crippen LogP contribution in [0.2, 0.25) is 0 Å². The molecule has 0 radical (unpaired) electrons. The fourth-order valence-electron chi connectivity index (χ4n) is 2.81. The van der Waals surface area contributed by atoms with Crippen LogP contribution in [0.3, 0.4) is 0 Å². The number of rotatable bonds is 6. The molecule has 28 heavy (non-hydrogen) atoms. The molecule has 0 atom stereocenters. The number of benzene rings is 1. The quantitative estimate of drug-likeness (QED) is 0.460. The topological polar surface area (TPSA) is 84.9 Å². The SMILES string of the molecule is CCOC(=O)Oc1ccc(C(=O)NC2CCN(C(=O)/C=C/C(C)C)CC2)cc1. The van der Waals surface area contributed by atoms with Crippen molar-refractivity contribution in [2.45, 2.75) is 39.7 Å². The van der Waals surface area contributed by atoms with Gasteiger partial charge in [0.05, 0.1) is 6.61 Å². The second-order valence-corrected chi connectivity index (χ2v) is 6.99. The second kappa shape index (κ2) is 10.5. The minimum absolute atomic E-state index is 0.0238. The fourth-order valence-corrected chi connectivity index (χ4v) is 2.81. The number of nitrogens with one attached hydrogen (secondary N) is 1. The first-order valence-electron chi connectivity index (χ1n) is 9.61. The number of hydrogen-bond donors (Lipinski definition) is 1. The molecular formula is C21H28N2O5. The summed E-state index contributed by atoms with van der Waals surface area (Å²) in [6, 6.07) is 6.32. The minimum Gasteiger partial charge on any atom is -0.434 e. The van der Waals surface area contributed by atoms with Crippen LogP contribution in [0.5, 0.6) is 5.75 Å². The van der Waals surface area contributed by atoms with Crippen LogP contribution in [0.15, 0.2) is 36.4 Å². The summed E-state index contributed by atoms with van der Waals surface area (Å²) in [4.78, 5) is 37.6. The average Bonchev–Trinajstić information content (AvgIpc) is 2.67. The molecule has 0 bridgehead atoms. The molecule has 2 amide bonds. The van der Waals surface area contributed by atoms with Gasteiger partial charge in [-0.25, -0.2) is 4.79 Å². The van der Waals surface area contributed by atoms with Crippen molar-refractivity contribution in [1.29, 1.82) is 0 Å². The van der Waals surface area contributed by atoms with Crippen molar-refractivity contribution in [3.05, 3.63) is 42.0 Å². The van der Waals surface area contributed by atoms with Crippen molar-refractivity contribution in [2.24, 2.45) is 5.92 Å². The van der Waals surface area contributed by atoms with E-state index in [1.165, 1.54) is 0 Å². The number of likely N-dealkylation sites (tertiary alicyclic amines) is 1. The van der Waals surface area contributed by atoms with Crippen LogP contribution < -0.4 is 10.1 Å². The van der Waals surface area contributed by atoms with Crippen LogP contribution in [0.4, 0.5) is 4.79 Å². The van der Waals surface area contributed by atoms with Crippen molar-refractivity contribution in [2.75, 3.05) is 19.7 Å². The maximum absolute atomic E-state index is 12.4. The summed E-state index contributed by atoms with van der Waals surface area (Å²) in [5.41, 5.74) is 0.481. The Labute approximate surface area is 165 Å². The molecule has 0 unspecified atom stereocenters. The lowest BCUT2D eigenvalue weighted by Gasteiger charge is -2.31. The maximum atomic E-state index is 12.4. The molecule has 152 valence electrons. The molecule has 2 rings (SSSR count). The molecule has 0 saturated carbocycles. The molecule has 1 N–H and O–H groups in total. The molecule has 7 nitrogen and oxygen atoms in total. The molecule has 0 aliphatic carbocycles. The van der Waals surface area contributed by atoms with Crippen molar-refractivity contribution < 1.29 is 23.9 Å². The summed E-state index contributed by atoms with van der Waals surface area (Å²) < 4.78 is 9.68. The molecule has 0 spiro atoms. The summed E-state index contributed by atoms with van der Waals surface area (Å²) in [7, 11) is 0. The fraction of sp³-hybridized carbons (Fsp3) is 0.476. The van der Waals surface area contributed by atoms with E-state index in [1.54, 1.807) is 37.3 Å². The molecule has 1 aromatic carbocycles. The normalized spacial score (nSPS) is 14.9. The van der Waals surface area contributed by atoms with E-state index in [0.717, 1.165) is 12.8 Å². The van der Waals surface area contributed by atoms with Gasteiger partial charge in [-0.05, 0) is 56.0 Å². The third-order valence-electron chi connectivity index (χ3n) is 4.35. The van der Waals surface area contributed by atoms with Gasteiger partial charge in [0.1, 0.15) is 5.75 Å². The summed E-state index contributed by atoms with van der Waals surface area (Å²) >= 11 is 0. The Balaban J connectivity index is 1.81. The number of amides is 2. The van der Waals surface area contributed by atoms with Crippen LogP contribution in [0, 0.1) is 5.92 Å². The average molecular weight is 388 g/mol. The van der Waals surface area contributed by atoms with Crippen molar-refractivity contribution in [3.63, 3.8) is 0 Å². The predicted octanol–water partition coefficient (Wildman–Crippen LogP) is 3.15. The standard InChI is InChI=1S/C21H28N2O5/c1-4-27-21(26)28-18-8-6-16(7-9-18)20(25)22-17-11-13-23(14-12-17)19(24)10-5-15(2)3/h5-10,15,17H,4,11-14H2,1-3H3,(H,22,25)/b10-5+. The molecule has 1 aromatic rings. The summed E-state index contributed by atoms with van der Waals surface area (Å²) in [5, 5.41) is 3.00.